The van der Waals surface area contributed by atoms with Gasteiger partial charge in [0.25, 0.3) is 6.47 Å². The zero-order chi connectivity index (χ0) is 8.10. The molecule has 0 aliphatic rings. The molecule has 11 heavy (non-hydrogen) atoms. The monoisotopic (exact) mass is 234 g/mol. The Morgan fingerprint density at radius 2 is 2.55 bits per heavy atom. The molecule has 0 bridgehead atoms. The van der Waals surface area contributed by atoms with Crippen molar-refractivity contribution < 1.29 is 9.53 Å². The molecular weight excluding hydrogens is 228 g/mol. The number of rotatable bonds is 4. The second-order valence-electron chi connectivity index (χ2n) is 1.98. The standard InChI is InChI=1S/C7H7BrO2S/c8-7-3-6(4-11-7)1-2-10-5-9/h3-5H,1-2H2. The van der Waals surface area contributed by atoms with Gasteiger partial charge in [0, 0.05) is 6.42 Å². The van der Waals surface area contributed by atoms with Crippen molar-refractivity contribution in [3.05, 3.63) is 20.8 Å². The van der Waals surface area contributed by atoms with E-state index in [2.05, 4.69) is 20.7 Å². The summed E-state index contributed by atoms with van der Waals surface area (Å²) < 4.78 is 5.67. The second-order valence-corrected chi connectivity index (χ2v) is 4.27. The van der Waals surface area contributed by atoms with Crippen molar-refractivity contribution in [2.24, 2.45) is 0 Å². The maximum absolute atomic E-state index is 9.77. The van der Waals surface area contributed by atoms with E-state index in [1.165, 1.54) is 5.56 Å². The van der Waals surface area contributed by atoms with E-state index >= 15 is 0 Å². The normalized spacial score (nSPS) is 9.55. The van der Waals surface area contributed by atoms with Gasteiger partial charge in [-0.1, -0.05) is 0 Å². The van der Waals surface area contributed by atoms with Gasteiger partial charge in [-0.2, -0.15) is 0 Å². The molecule has 0 atom stereocenters. The molecule has 0 aromatic carbocycles. The predicted octanol–water partition coefficient (Wildman–Crippen LogP) is 2.23. The Balaban J connectivity index is 2.32. The Hall–Kier alpha value is -0.350. The second kappa shape index (κ2) is 4.51. The quantitative estimate of drug-likeness (QED) is 0.590. The minimum Gasteiger partial charge on any atom is -0.468 e. The Morgan fingerprint density at radius 1 is 1.73 bits per heavy atom. The summed E-state index contributed by atoms with van der Waals surface area (Å²) in [4.78, 5) is 9.77. The number of halogens is 1. The van der Waals surface area contributed by atoms with Crippen LogP contribution in [0.3, 0.4) is 0 Å². The third kappa shape index (κ3) is 3.03. The Labute approximate surface area is 77.3 Å². The number of thiophene rings is 1. The van der Waals surface area contributed by atoms with Gasteiger partial charge in [0.1, 0.15) is 0 Å². The number of hydrogen-bond acceptors (Lipinski definition) is 3. The molecule has 1 aromatic heterocycles. The lowest BCUT2D eigenvalue weighted by molar-refractivity contribution is -0.128. The van der Waals surface area contributed by atoms with Gasteiger partial charge < -0.3 is 4.74 Å². The SMILES string of the molecule is O=COCCc1csc(Br)c1. The van der Waals surface area contributed by atoms with Crippen molar-refractivity contribution in [3.8, 4) is 0 Å². The fourth-order valence-corrected chi connectivity index (χ4v) is 1.95. The van der Waals surface area contributed by atoms with Crippen LogP contribution < -0.4 is 0 Å². The average molecular weight is 235 g/mol. The van der Waals surface area contributed by atoms with Crippen molar-refractivity contribution >= 4 is 33.7 Å². The zero-order valence-corrected chi connectivity index (χ0v) is 8.15. The first-order valence-corrected chi connectivity index (χ1v) is 4.78. The van der Waals surface area contributed by atoms with E-state index in [0.29, 0.717) is 13.1 Å². The number of carbonyl (C=O) groups is 1. The maximum atomic E-state index is 9.77. The van der Waals surface area contributed by atoms with E-state index in [9.17, 15) is 4.79 Å². The highest BCUT2D eigenvalue weighted by atomic mass is 79.9. The van der Waals surface area contributed by atoms with Gasteiger partial charge in [0.2, 0.25) is 0 Å². The molecule has 1 heterocycles. The fourth-order valence-electron chi connectivity index (χ4n) is 0.702. The van der Waals surface area contributed by atoms with E-state index < -0.39 is 0 Å². The average Bonchev–Trinajstić information content (AvgIpc) is 2.37. The first-order valence-electron chi connectivity index (χ1n) is 3.11. The minimum absolute atomic E-state index is 0.465. The van der Waals surface area contributed by atoms with Gasteiger partial charge in [-0.15, -0.1) is 11.3 Å². The van der Waals surface area contributed by atoms with E-state index in [-0.39, 0.29) is 0 Å². The molecule has 0 saturated heterocycles. The van der Waals surface area contributed by atoms with E-state index in [1.807, 2.05) is 11.4 Å². The van der Waals surface area contributed by atoms with Gasteiger partial charge in [-0.3, -0.25) is 4.79 Å². The number of carbonyl (C=O) groups excluding carboxylic acids is 1. The molecular formula is C7H7BrO2S. The van der Waals surface area contributed by atoms with Crippen molar-refractivity contribution in [1.82, 2.24) is 0 Å². The van der Waals surface area contributed by atoms with Crippen LogP contribution in [0.4, 0.5) is 0 Å². The molecule has 0 amide bonds. The Bertz CT molecular complexity index is 234. The number of ether oxygens (including phenoxy) is 1. The molecule has 0 fully saturated rings. The first kappa shape index (κ1) is 8.74. The van der Waals surface area contributed by atoms with Crippen LogP contribution in [-0.4, -0.2) is 13.1 Å². The highest BCUT2D eigenvalue weighted by Gasteiger charge is 1.96. The summed E-state index contributed by atoms with van der Waals surface area (Å²) in [5, 5.41) is 2.04. The molecule has 0 aliphatic heterocycles. The van der Waals surface area contributed by atoms with Gasteiger partial charge in [-0.05, 0) is 32.9 Å². The van der Waals surface area contributed by atoms with Crippen LogP contribution in [0.1, 0.15) is 5.56 Å². The van der Waals surface area contributed by atoms with Gasteiger partial charge in [-0.25, -0.2) is 0 Å². The van der Waals surface area contributed by atoms with Crippen LogP contribution >= 0.6 is 27.3 Å². The van der Waals surface area contributed by atoms with Crippen LogP contribution in [0, 0.1) is 0 Å². The summed E-state index contributed by atoms with van der Waals surface area (Å²) in [6.07, 6.45) is 0.792. The van der Waals surface area contributed by atoms with Crippen LogP contribution in [0.25, 0.3) is 0 Å². The third-order valence-electron chi connectivity index (χ3n) is 1.20. The molecule has 0 saturated carbocycles. The van der Waals surface area contributed by atoms with E-state index in [0.717, 1.165) is 10.2 Å². The lowest BCUT2D eigenvalue weighted by atomic mass is 10.3. The summed E-state index contributed by atoms with van der Waals surface area (Å²) >= 11 is 4.98. The van der Waals surface area contributed by atoms with Crippen molar-refractivity contribution in [2.75, 3.05) is 6.61 Å². The molecule has 0 N–H and O–H groups in total. The van der Waals surface area contributed by atoms with Crippen molar-refractivity contribution in [3.63, 3.8) is 0 Å². The highest BCUT2D eigenvalue weighted by Crippen LogP contribution is 2.20. The molecule has 1 rings (SSSR count). The van der Waals surface area contributed by atoms with Crippen LogP contribution in [0.2, 0.25) is 0 Å². The lowest BCUT2D eigenvalue weighted by Crippen LogP contribution is -1.94. The molecule has 0 radical (unpaired) electrons. The van der Waals surface area contributed by atoms with Crippen molar-refractivity contribution in [1.29, 1.82) is 0 Å². The fraction of sp³-hybridized carbons (Fsp3) is 0.286. The molecule has 1 aromatic rings. The zero-order valence-electron chi connectivity index (χ0n) is 5.75. The predicted molar refractivity (Wildman–Crippen MR) is 47.7 cm³/mol. The molecule has 0 aliphatic carbocycles. The van der Waals surface area contributed by atoms with E-state index in [4.69, 9.17) is 0 Å². The molecule has 4 heteroatoms. The molecule has 2 nitrogen and oxygen atoms in total. The van der Waals surface area contributed by atoms with Crippen molar-refractivity contribution in [2.45, 2.75) is 6.42 Å². The summed E-state index contributed by atoms with van der Waals surface area (Å²) in [6.45, 7) is 0.939. The molecule has 0 spiro atoms. The summed E-state index contributed by atoms with van der Waals surface area (Å²) in [5.41, 5.74) is 1.20. The lowest BCUT2D eigenvalue weighted by Gasteiger charge is -1.93. The summed E-state index contributed by atoms with van der Waals surface area (Å²) in [6, 6.07) is 2.03. The van der Waals surface area contributed by atoms with Gasteiger partial charge in [0.15, 0.2) is 0 Å². The van der Waals surface area contributed by atoms with E-state index in [1.54, 1.807) is 11.3 Å². The van der Waals surface area contributed by atoms with Crippen LogP contribution in [-0.2, 0) is 16.0 Å². The number of hydrogen-bond donors (Lipinski definition) is 0. The Kier molecular flexibility index (Phi) is 3.59. The van der Waals surface area contributed by atoms with Gasteiger partial charge >= 0.3 is 0 Å². The summed E-state index contributed by atoms with van der Waals surface area (Å²) in [5.74, 6) is 0. The summed E-state index contributed by atoms with van der Waals surface area (Å²) in [7, 11) is 0. The van der Waals surface area contributed by atoms with Gasteiger partial charge in [0.05, 0.1) is 10.4 Å². The minimum atomic E-state index is 0.465. The Morgan fingerprint density at radius 3 is 3.09 bits per heavy atom. The molecule has 60 valence electrons. The maximum Gasteiger partial charge on any atom is 0.293 e. The topological polar surface area (TPSA) is 26.3 Å². The first-order chi connectivity index (χ1) is 5.33. The largest absolute Gasteiger partial charge is 0.468 e. The molecule has 0 unspecified atom stereocenters. The van der Waals surface area contributed by atoms with Crippen LogP contribution in [0.5, 0.6) is 0 Å². The highest BCUT2D eigenvalue weighted by molar-refractivity contribution is 9.11. The third-order valence-corrected chi connectivity index (χ3v) is 2.75. The smallest absolute Gasteiger partial charge is 0.293 e. The van der Waals surface area contributed by atoms with Crippen LogP contribution in [0.15, 0.2) is 15.2 Å².